The Hall–Kier alpha value is -1.18. The highest BCUT2D eigenvalue weighted by atomic mass is 19.1. The molecule has 2 atom stereocenters. The van der Waals surface area contributed by atoms with E-state index < -0.39 is 0 Å². The Morgan fingerprint density at radius 1 is 1.47 bits per heavy atom. The molecule has 1 aromatic carbocycles. The van der Waals surface area contributed by atoms with Crippen LogP contribution in [0.15, 0.2) is 18.2 Å². The van der Waals surface area contributed by atoms with Crippen molar-refractivity contribution >= 4 is 5.78 Å². The maximum atomic E-state index is 13.2. The molecule has 0 heterocycles. The van der Waals surface area contributed by atoms with Gasteiger partial charge in [0, 0.05) is 18.3 Å². The zero-order valence-electron chi connectivity index (χ0n) is 8.72. The van der Waals surface area contributed by atoms with Crippen molar-refractivity contribution < 1.29 is 9.18 Å². The van der Waals surface area contributed by atoms with E-state index in [2.05, 4.69) is 6.92 Å². The van der Waals surface area contributed by atoms with E-state index in [0.717, 1.165) is 12.0 Å². The predicted octanol–water partition coefficient (Wildman–Crippen LogP) is 2.93. The van der Waals surface area contributed by atoms with Crippen LogP contribution in [0.4, 0.5) is 4.39 Å². The molecular weight excluding hydrogens is 191 g/mol. The molecule has 2 aliphatic carbocycles. The van der Waals surface area contributed by atoms with E-state index in [0.29, 0.717) is 18.6 Å². The van der Waals surface area contributed by atoms with Gasteiger partial charge in [-0.25, -0.2) is 4.39 Å². The van der Waals surface area contributed by atoms with Gasteiger partial charge in [0.15, 0.2) is 0 Å². The van der Waals surface area contributed by atoms with E-state index in [-0.39, 0.29) is 17.2 Å². The lowest BCUT2D eigenvalue weighted by Crippen LogP contribution is -2.27. The Bertz CT molecular complexity index is 452. The normalized spacial score (nSPS) is 32.9. The van der Waals surface area contributed by atoms with E-state index >= 15 is 0 Å². The summed E-state index contributed by atoms with van der Waals surface area (Å²) in [5.74, 6) is 0.407. The fourth-order valence-electron chi connectivity index (χ4n) is 3.32. The summed E-state index contributed by atoms with van der Waals surface area (Å²) >= 11 is 0. The second kappa shape index (κ2) is 2.69. The Morgan fingerprint density at radius 2 is 2.27 bits per heavy atom. The topological polar surface area (TPSA) is 17.1 Å². The average molecular weight is 204 g/mol. The van der Waals surface area contributed by atoms with Gasteiger partial charge in [-0.1, -0.05) is 13.0 Å². The molecule has 0 radical (unpaired) electrons. The Labute approximate surface area is 88.3 Å². The monoisotopic (exact) mass is 204 g/mol. The van der Waals surface area contributed by atoms with Gasteiger partial charge in [0.1, 0.15) is 11.6 Å². The molecule has 2 aliphatic rings. The fraction of sp³-hybridized carbons (Fsp3) is 0.462. The minimum atomic E-state index is -0.183. The highest BCUT2D eigenvalue weighted by Crippen LogP contribution is 2.53. The molecule has 0 aliphatic heterocycles. The summed E-state index contributed by atoms with van der Waals surface area (Å²) in [4.78, 5) is 11.6. The molecule has 1 aromatic rings. The van der Waals surface area contributed by atoms with Crippen molar-refractivity contribution in [2.24, 2.45) is 0 Å². The lowest BCUT2D eigenvalue weighted by molar-refractivity contribution is -0.121. The summed E-state index contributed by atoms with van der Waals surface area (Å²) in [7, 11) is 0. The maximum absolute atomic E-state index is 13.2. The Morgan fingerprint density at radius 3 is 3.07 bits per heavy atom. The molecule has 1 nitrogen and oxygen atoms in total. The lowest BCUT2D eigenvalue weighted by Gasteiger charge is -2.28. The van der Waals surface area contributed by atoms with Gasteiger partial charge < -0.3 is 0 Å². The minimum Gasteiger partial charge on any atom is -0.300 e. The number of hydrogen-bond donors (Lipinski definition) is 0. The van der Waals surface area contributed by atoms with Crippen LogP contribution in [0.1, 0.15) is 43.2 Å². The summed E-state index contributed by atoms with van der Waals surface area (Å²) in [5.41, 5.74) is 2.24. The van der Waals surface area contributed by atoms with Crippen LogP contribution in [0, 0.1) is 5.82 Å². The molecule has 0 saturated heterocycles. The summed E-state index contributed by atoms with van der Waals surface area (Å²) in [6.45, 7) is 2.13. The average Bonchev–Trinajstić information content (AvgIpc) is 2.34. The summed E-state index contributed by atoms with van der Waals surface area (Å²) in [5, 5.41) is 0. The zero-order chi connectivity index (χ0) is 10.6. The van der Waals surface area contributed by atoms with Gasteiger partial charge in [0.05, 0.1) is 0 Å². The molecule has 0 N–H and O–H groups in total. The predicted molar refractivity (Wildman–Crippen MR) is 55.4 cm³/mol. The van der Waals surface area contributed by atoms with Gasteiger partial charge >= 0.3 is 0 Å². The maximum Gasteiger partial charge on any atom is 0.134 e. The second-order valence-corrected chi connectivity index (χ2v) is 5.11. The zero-order valence-corrected chi connectivity index (χ0v) is 8.72. The number of benzene rings is 1. The van der Waals surface area contributed by atoms with Gasteiger partial charge in [-0.15, -0.1) is 0 Å². The number of halogens is 1. The molecule has 2 bridgehead atoms. The van der Waals surface area contributed by atoms with Crippen LogP contribution in [0.5, 0.6) is 0 Å². The third-order valence-corrected chi connectivity index (χ3v) is 3.86. The van der Waals surface area contributed by atoms with Gasteiger partial charge in [0.2, 0.25) is 0 Å². The first kappa shape index (κ1) is 9.08. The molecule has 15 heavy (non-hydrogen) atoms. The smallest absolute Gasteiger partial charge is 0.134 e. The molecule has 0 amide bonds. The van der Waals surface area contributed by atoms with Crippen LogP contribution in [0.3, 0.4) is 0 Å². The number of fused-ring (bicyclic) bond motifs is 5. The van der Waals surface area contributed by atoms with E-state index in [1.165, 1.54) is 11.6 Å². The minimum absolute atomic E-state index is 0.0248. The van der Waals surface area contributed by atoms with Gasteiger partial charge in [-0.3, -0.25) is 4.79 Å². The Balaban J connectivity index is 2.20. The summed E-state index contributed by atoms with van der Waals surface area (Å²) in [6, 6.07) is 4.99. The van der Waals surface area contributed by atoms with Crippen LogP contribution in [-0.4, -0.2) is 5.78 Å². The second-order valence-electron chi connectivity index (χ2n) is 5.11. The highest BCUT2D eigenvalue weighted by Gasteiger charge is 2.45. The number of Topliss-reactive ketones (excluding diaryl/α,β-unsaturated/α-hetero) is 1. The van der Waals surface area contributed by atoms with Crippen molar-refractivity contribution in [1.82, 2.24) is 0 Å². The van der Waals surface area contributed by atoms with Crippen LogP contribution >= 0.6 is 0 Å². The van der Waals surface area contributed by atoms with Gasteiger partial charge in [0.25, 0.3) is 0 Å². The highest BCUT2D eigenvalue weighted by molar-refractivity contribution is 5.83. The van der Waals surface area contributed by atoms with Crippen molar-refractivity contribution in [3.05, 3.63) is 35.1 Å². The molecule has 1 saturated carbocycles. The standard InChI is InChI=1S/C13H13FO/c1-13-6-8(4-10(15)7-13)11-5-9(14)2-3-12(11)13/h2-3,5,8H,4,6-7H2,1H3/t8-,13?/m1/s1. The molecule has 2 heteroatoms. The van der Waals surface area contributed by atoms with Crippen molar-refractivity contribution in [3.63, 3.8) is 0 Å². The molecule has 1 unspecified atom stereocenters. The van der Waals surface area contributed by atoms with Gasteiger partial charge in [-0.2, -0.15) is 0 Å². The molecule has 3 rings (SSSR count). The number of rotatable bonds is 0. The largest absolute Gasteiger partial charge is 0.300 e. The first-order valence-corrected chi connectivity index (χ1v) is 5.40. The summed E-state index contributed by atoms with van der Waals surface area (Å²) < 4.78 is 13.2. The molecule has 78 valence electrons. The van der Waals surface area contributed by atoms with Crippen molar-refractivity contribution in [3.8, 4) is 0 Å². The van der Waals surface area contributed by atoms with E-state index in [9.17, 15) is 9.18 Å². The Kier molecular flexibility index (Phi) is 1.63. The van der Waals surface area contributed by atoms with Crippen molar-refractivity contribution in [1.29, 1.82) is 0 Å². The van der Waals surface area contributed by atoms with Crippen LogP contribution in [0.2, 0.25) is 0 Å². The third kappa shape index (κ3) is 1.17. The number of ketones is 1. The molecule has 0 spiro atoms. The van der Waals surface area contributed by atoms with Gasteiger partial charge in [-0.05, 0) is 35.6 Å². The van der Waals surface area contributed by atoms with E-state index in [1.54, 1.807) is 6.07 Å². The van der Waals surface area contributed by atoms with Crippen molar-refractivity contribution in [2.75, 3.05) is 0 Å². The number of carbonyl (C=O) groups is 1. The third-order valence-electron chi connectivity index (χ3n) is 3.86. The van der Waals surface area contributed by atoms with Crippen LogP contribution < -0.4 is 0 Å². The summed E-state index contributed by atoms with van der Waals surface area (Å²) in [6.07, 6.45) is 2.24. The molecule has 0 aromatic heterocycles. The first-order chi connectivity index (χ1) is 7.08. The lowest BCUT2D eigenvalue weighted by atomic mass is 9.74. The SMILES string of the molecule is CC12CC(=O)C[C@H](C1)c1cc(F)ccc12. The van der Waals surface area contributed by atoms with E-state index in [4.69, 9.17) is 0 Å². The number of hydrogen-bond acceptors (Lipinski definition) is 1. The molecular formula is C13H13FO. The van der Waals surface area contributed by atoms with E-state index in [1.807, 2.05) is 6.07 Å². The number of carbonyl (C=O) groups excluding carboxylic acids is 1. The van der Waals surface area contributed by atoms with Crippen LogP contribution in [-0.2, 0) is 10.2 Å². The first-order valence-electron chi connectivity index (χ1n) is 5.40. The van der Waals surface area contributed by atoms with Crippen molar-refractivity contribution in [2.45, 2.75) is 37.5 Å². The molecule has 1 fully saturated rings. The fourth-order valence-corrected chi connectivity index (χ4v) is 3.32. The van der Waals surface area contributed by atoms with Crippen LogP contribution in [0.25, 0.3) is 0 Å². The quantitative estimate of drug-likeness (QED) is 0.635.